The minimum atomic E-state index is -4.63. The predicted octanol–water partition coefficient (Wildman–Crippen LogP) is 9.30. The van der Waals surface area contributed by atoms with E-state index < -0.39 is 45.1 Å². The lowest BCUT2D eigenvalue weighted by Crippen LogP contribution is -2.34. The number of phosphoric acid groups is 1. The summed E-state index contributed by atoms with van der Waals surface area (Å²) in [4.78, 5) is 33.3. The van der Waals surface area contributed by atoms with Gasteiger partial charge in [0.05, 0.1) is 26.2 Å². The van der Waals surface area contributed by atoms with Crippen molar-refractivity contribution in [2.75, 3.05) is 26.4 Å². The zero-order valence-electron chi connectivity index (χ0n) is 30.3. The Morgan fingerprint density at radius 2 is 1.10 bits per heavy atom. The zero-order chi connectivity index (χ0) is 36.3. The van der Waals surface area contributed by atoms with Crippen molar-refractivity contribution < 1.29 is 42.7 Å². The van der Waals surface area contributed by atoms with E-state index in [2.05, 4.69) is 60.9 Å². The van der Waals surface area contributed by atoms with Crippen molar-refractivity contribution in [3.05, 3.63) is 60.8 Å². The maximum atomic E-state index is 12.5. The molecule has 3 unspecified atom stereocenters. The maximum absolute atomic E-state index is 12.5. The number of nitrogens with two attached hydrogens (primary N) is 1. The lowest BCUT2D eigenvalue weighted by atomic mass is 10.1. The number of esters is 1. The van der Waals surface area contributed by atoms with E-state index in [0.717, 1.165) is 44.9 Å². The van der Waals surface area contributed by atoms with Gasteiger partial charge in [-0.3, -0.25) is 18.6 Å². The standard InChI is InChI=1S/C38H66NO9P/c1-3-5-7-9-11-13-15-17-18-19-20-22-24-26-28-30-37(40)48-35(33-46-49(43,44)47-34-36(39)38(41)42)32-45-31-29-27-25-23-21-16-14-12-10-8-6-4-2/h5,7,11,13,17-18,20,22,26,28,35-36H,3-4,6,8-10,12,14-16,19,21,23-25,27,29-34,39H2,1-2H3,(H,41,42)(H,43,44)/b7-5-,13-11-,18-17-,22-20-,28-26-. The zero-order valence-corrected chi connectivity index (χ0v) is 31.2. The van der Waals surface area contributed by atoms with Crippen LogP contribution in [0.5, 0.6) is 0 Å². The Kier molecular flexibility index (Phi) is 32.5. The largest absolute Gasteiger partial charge is 0.480 e. The molecule has 3 atom stereocenters. The summed E-state index contributed by atoms with van der Waals surface area (Å²) in [5.41, 5.74) is 5.32. The van der Waals surface area contributed by atoms with E-state index in [9.17, 15) is 19.0 Å². The molecule has 49 heavy (non-hydrogen) atoms. The van der Waals surface area contributed by atoms with Crippen LogP contribution in [-0.2, 0) is 32.7 Å². The van der Waals surface area contributed by atoms with Gasteiger partial charge in [-0.1, -0.05) is 145 Å². The van der Waals surface area contributed by atoms with Crippen molar-refractivity contribution >= 4 is 19.8 Å². The van der Waals surface area contributed by atoms with Crippen LogP contribution in [0.1, 0.15) is 129 Å². The number of aliphatic carboxylic acids is 1. The molecule has 0 saturated carbocycles. The molecule has 0 saturated heterocycles. The fourth-order valence-electron chi connectivity index (χ4n) is 4.50. The Morgan fingerprint density at radius 1 is 0.653 bits per heavy atom. The first-order valence-corrected chi connectivity index (χ1v) is 19.8. The van der Waals surface area contributed by atoms with Crippen molar-refractivity contribution in [2.45, 2.75) is 142 Å². The van der Waals surface area contributed by atoms with Crippen molar-refractivity contribution in [1.82, 2.24) is 0 Å². The minimum Gasteiger partial charge on any atom is -0.480 e. The second-order valence-corrected chi connectivity index (χ2v) is 13.4. The molecular formula is C38H66NO9P. The molecule has 10 nitrogen and oxygen atoms in total. The van der Waals surface area contributed by atoms with Crippen LogP contribution in [0.25, 0.3) is 0 Å². The summed E-state index contributed by atoms with van der Waals surface area (Å²) in [6.07, 6.45) is 38.8. The van der Waals surface area contributed by atoms with Gasteiger partial charge < -0.3 is 25.2 Å². The fourth-order valence-corrected chi connectivity index (χ4v) is 5.28. The number of hydrogen-bond acceptors (Lipinski definition) is 8. The molecule has 0 spiro atoms. The van der Waals surface area contributed by atoms with Crippen molar-refractivity contribution in [3.8, 4) is 0 Å². The highest BCUT2D eigenvalue weighted by molar-refractivity contribution is 7.47. The van der Waals surface area contributed by atoms with Crippen molar-refractivity contribution in [3.63, 3.8) is 0 Å². The molecule has 0 aliphatic rings. The van der Waals surface area contributed by atoms with E-state index in [4.69, 9.17) is 24.8 Å². The summed E-state index contributed by atoms with van der Waals surface area (Å²) in [5, 5.41) is 8.85. The molecule has 0 aliphatic heterocycles. The Morgan fingerprint density at radius 3 is 1.59 bits per heavy atom. The van der Waals surface area contributed by atoms with Crippen LogP contribution in [0, 0.1) is 0 Å². The summed E-state index contributed by atoms with van der Waals surface area (Å²) in [5.74, 6) is -1.92. The van der Waals surface area contributed by atoms with Crippen LogP contribution < -0.4 is 5.73 Å². The highest BCUT2D eigenvalue weighted by Gasteiger charge is 2.27. The average Bonchev–Trinajstić information content (AvgIpc) is 3.07. The Balaban J connectivity index is 4.49. The topological polar surface area (TPSA) is 155 Å². The van der Waals surface area contributed by atoms with Gasteiger partial charge in [0.25, 0.3) is 0 Å². The number of phosphoric ester groups is 1. The number of allylic oxidation sites excluding steroid dienone is 9. The Hall–Kier alpha value is -2.33. The molecule has 0 aliphatic carbocycles. The second kappa shape index (κ2) is 34.1. The van der Waals surface area contributed by atoms with Crippen molar-refractivity contribution in [1.29, 1.82) is 0 Å². The maximum Gasteiger partial charge on any atom is 0.472 e. The smallest absolute Gasteiger partial charge is 0.472 e. The van der Waals surface area contributed by atoms with Gasteiger partial charge in [0, 0.05) is 6.61 Å². The normalized spacial score (nSPS) is 14.9. The monoisotopic (exact) mass is 711 g/mol. The van der Waals surface area contributed by atoms with Crippen molar-refractivity contribution in [2.24, 2.45) is 5.73 Å². The molecule has 0 bridgehead atoms. The average molecular weight is 712 g/mol. The van der Waals surface area contributed by atoms with Gasteiger partial charge >= 0.3 is 19.8 Å². The van der Waals surface area contributed by atoms with Gasteiger partial charge in [-0.25, -0.2) is 4.57 Å². The third-order valence-electron chi connectivity index (χ3n) is 7.34. The lowest BCUT2D eigenvalue weighted by molar-refractivity contribution is -0.153. The summed E-state index contributed by atoms with van der Waals surface area (Å²) in [6, 6.07) is -1.49. The number of carboxylic acids is 1. The second-order valence-electron chi connectivity index (χ2n) is 12.0. The molecule has 282 valence electrons. The fraction of sp³-hybridized carbons (Fsp3) is 0.684. The molecule has 0 heterocycles. The number of carbonyl (C=O) groups is 2. The molecule has 11 heteroatoms. The van der Waals surface area contributed by atoms with E-state index in [1.807, 2.05) is 12.2 Å². The van der Waals surface area contributed by atoms with Crippen LogP contribution in [-0.4, -0.2) is 60.5 Å². The molecule has 0 rings (SSSR count). The number of unbranched alkanes of at least 4 members (excludes halogenated alkanes) is 11. The molecule has 0 aromatic carbocycles. The summed E-state index contributed by atoms with van der Waals surface area (Å²) < 4.78 is 33.0. The molecule has 0 aromatic heterocycles. The molecular weight excluding hydrogens is 645 g/mol. The molecule has 0 radical (unpaired) electrons. The molecule has 0 amide bonds. The minimum absolute atomic E-state index is 0.0174. The summed E-state index contributed by atoms with van der Waals surface area (Å²) in [7, 11) is -4.63. The number of hydrogen-bond donors (Lipinski definition) is 3. The quantitative estimate of drug-likeness (QED) is 0.0255. The van der Waals surface area contributed by atoms with Gasteiger partial charge in [-0.2, -0.15) is 0 Å². The van der Waals surface area contributed by atoms with Crippen LogP contribution in [0.2, 0.25) is 0 Å². The van der Waals surface area contributed by atoms with E-state index in [0.29, 0.717) is 13.0 Å². The summed E-state index contributed by atoms with van der Waals surface area (Å²) >= 11 is 0. The Labute approximate surface area is 296 Å². The first-order chi connectivity index (χ1) is 23.7. The highest BCUT2D eigenvalue weighted by Crippen LogP contribution is 2.43. The van der Waals surface area contributed by atoms with E-state index in [1.165, 1.54) is 57.8 Å². The number of carbonyl (C=O) groups excluding carboxylic acids is 1. The number of ether oxygens (including phenoxy) is 2. The highest BCUT2D eigenvalue weighted by atomic mass is 31.2. The van der Waals surface area contributed by atoms with Crippen LogP contribution in [0.15, 0.2) is 60.8 Å². The number of rotatable bonds is 34. The first kappa shape index (κ1) is 46.7. The SMILES string of the molecule is CC/C=C\C/C=C\C/C=C\C/C=C\C/C=C\CC(=O)OC(COCCCCCCCCCCCCCC)COP(=O)(O)OCC(N)C(=O)O. The van der Waals surface area contributed by atoms with Crippen LogP contribution in [0.4, 0.5) is 0 Å². The predicted molar refractivity (Wildman–Crippen MR) is 198 cm³/mol. The lowest BCUT2D eigenvalue weighted by Gasteiger charge is -2.20. The van der Waals surface area contributed by atoms with Gasteiger partial charge in [-0.15, -0.1) is 0 Å². The summed E-state index contributed by atoms with van der Waals surface area (Å²) in [6.45, 7) is 3.61. The molecule has 4 N–H and O–H groups in total. The number of carboxylic acid groups (broad SMARTS) is 1. The molecule has 0 fully saturated rings. The van der Waals surface area contributed by atoms with E-state index >= 15 is 0 Å². The van der Waals surface area contributed by atoms with Gasteiger partial charge in [0.15, 0.2) is 0 Å². The Bertz CT molecular complexity index is 1010. The third kappa shape index (κ3) is 33.9. The van der Waals surface area contributed by atoms with Gasteiger partial charge in [0.1, 0.15) is 12.1 Å². The van der Waals surface area contributed by atoms with Gasteiger partial charge in [0.2, 0.25) is 0 Å². The third-order valence-corrected chi connectivity index (χ3v) is 8.30. The van der Waals surface area contributed by atoms with E-state index in [1.54, 1.807) is 6.08 Å². The first-order valence-electron chi connectivity index (χ1n) is 18.3. The van der Waals surface area contributed by atoms with Crippen LogP contribution in [0.3, 0.4) is 0 Å². The van der Waals surface area contributed by atoms with E-state index in [-0.39, 0.29) is 13.0 Å². The van der Waals surface area contributed by atoms with Gasteiger partial charge in [-0.05, 0) is 38.5 Å². The molecule has 0 aromatic rings. The van der Waals surface area contributed by atoms with Crippen LogP contribution >= 0.6 is 7.82 Å².